The minimum absolute atomic E-state index is 0.0227. The lowest BCUT2D eigenvalue weighted by atomic mass is 9.68. The quantitative estimate of drug-likeness (QED) is 0.154. The van der Waals surface area contributed by atoms with Gasteiger partial charge in [-0.2, -0.15) is 0 Å². The van der Waals surface area contributed by atoms with Crippen LogP contribution >= 0.6 is 11.3 Å². The van der Waals surface area contributed by atoms with Gasteiger partial charge in [-0.05, 0) is 108 Å². The van der Waals surface area contributed by atoms with Gasteiger partial charge in [0.05, 0.1) is 11.1 Å². The zero-order valence-corrected chi connectivity index (χ0v) is 37.6. The van der Waals surface area contributed by atoms with Crippen molar-refractivity contribution in [1.82, 2.24) is 0 Å². The predicted octanol–water partition coefficient (Wildman–Crippen LogP) is 17.7. The van der Waals surface area contributed by atoms with Crippen molar-refractivity contribution in [3.05, 3.63) is 258 Å². The lowest BCUT2D eigenvalue weighted by molar-refractivity contribution is 0.590. The number of hydrogen-bond donors (Lipinski definition) is 0. The first-order valence-corrected chi connectivity index (χ1v) is 23.5. The summed E-state index contributed by atoms with van der Waals surface area (Å²) in [5.41, 5.74) is 16.8. The topological polar surface area (TPSA) is 3.24 Å². The van der Waals surface area contributed by atoms with Crippen LogP contribution in [0, 0.1) is 0 Å². The van der Waals surface area contributed by atoms with Gasteiger partial charge in [-0.15, -0.1) is 11.3 Å². The van der Waals surface area contributed by atoms with Crippen molar-refractivity contribution in [2.75, 3.05) is 4.90 Å². The summed E-state index contributed by atoms with van der Waals surface area (Å²) in [6, 6.07) is 85.9. The summed E-state index contributed by atoms with van der Waals surface area (Å²) in [7, 11) is 0. The van der Waals surface area contributed by atoms with E-state index in [1.165, 1.54) is 92.1 Å². The summed E-state index contributed by atoms with van der Waals surface area (Å²) < 4.78 is 2.65. The van der Waals surface area contributed by atoms with Gasteiger partial charge in [-0.25, -0.2) is 0 Å². The first-order chi connectivity index (χ1) is 31.9. The Morgan fingerprint density at radius 3 is 1.74 bits per heavy atom. The van der Waals surface area contributed by atoms with Crippen LogP contribution in [0.25, 0.3) is 64.3 Å². The van der Waals surface area contributed by atoms with Crippen molar-refractivity contribution < 1.29 is 0 Å². The molecule has 0 radical (unpaired) electrons. The summed E-state index contributed by atoms with van der Waals surface area (Å²) in [5.74, 6) is 0. The van der Waals surface area contributed by atoms with Gasteiger partial charge in [0.1, 0.15) is 0 Å². The molecule has 11 aromatic rings. The second-order valence-electron chi connectivity index (χ2n) is 18.4. The molecule has 0 atom stereocenters. The van der Waals surface area contributed by atoms with Gasteiger partial charge in [0, 0.05) is 37.1 Å². The van der Waals surface area contributed by atoms with Crippen molar-refractivity contribution in [2.24, 2.45) is 0 Å². The fourth-order valence-electron chi connectivity index (χ4n) is 10.7. The van der Waals surface area contributed by atoms with Crippen molar-refractivity contribution in [3.63, 3.8) is 0 Å². The molecular weight excluding hydrogens is 803 g/mol. The Labute approximate surface area is 385 Å². The molecule has 0 saturated heterocycles. The van der Waals surface area contributed by atoms with E-state index in [1.807, 2.05) is 11.3 Å². The van der Waals surface area contributed by atoms with Crippen LogP contribution in [-0.4, -0.2) is 0 Å². The third kappa shape index (κ3) is 6.27. The molecule has 10 aromatic carbocycles. The monoisotopic (exact) mass is 849 g/mol. The van der Waals surface area contributed by atoms with Gasteiger partial charge >= 0.3 is 0 Å². The summed E-state index contributed by atoms with van der Waals surface area (Å²) >= 11 is 1.88. The molecule has 0 bridgehead atoms. The van der Waals surface area contributed by atoms with E-state index in [0.717, 1.165) is 17.1 Å². The van der Waals surface area contributed by atoms with Gasteiger partial charge in [-0.3, -0.25) is 0 Å². The van der Waals surface area contributed by atoms with E-state index < -0.39 is 5.41 Å². The largest absolute Gasteiger partial charge is 0.310 e. The van der Waals surface area contributed by atoms with Crippen LogP contribution in [0.2, 0.25) is 0 Å². The Balaban J connectivity index is 1.08. The van der Waals surface area contributed by atoms with E-state index in [-0.39, 0.29) is 5.41 Å². The number of hydrogen-bond acceptors (Lipinski definition) is 2. The molecule has 1 aromatic heterocycles. The zero-order valence-electron chi connectivity index (χ0n) is 36.8. The SMILES string of the molecule is CC(C)(C)c1ccc(N(c2ccc3c(c2)-c2ccccc2C3(c2ccccc2)c2ccccc2)c2ccc3ccccc3c2-c2ccc(-c3cccc4c3sc3ccccc34)cc2)cc1. The number of thiophene rings is 1. The first-order valence-electron chi connectivity index (χ1n) is 22.7. The lowest BCUT2D eigenvalue weighted by Crippen LogP contribution is -2.28. The molecule has 310 valence electrons. The minimum atomic E-state index is -0.470. The van der Waals surface area contributed by atoms with Crippen molar-refractivity contribution in [3.8, 4) is 33.4 Å². The molecule has 1 aliphatic carbocycles. The van der Waals surface area contributed by atoms with Crippen LogP contribution < -0.4 is 4.90 Å². The van der Waals surface area contributed by atoms with Crippen LogP contribution in [0.3, 0.4) is 0 Å². The van der Waals surface area contributed by atoms with Gasteiger partial charge in [0.25, 0.3) is 0 Å². The second kappa shape index (κ2) is 15.3. The average Bonchev–Trinajstić information content (AvgIpc) is 3.88. The van der Waals surface area contributed by atoms with Gasteiger partial charge in [0.2, 0.25) is 0 Å². The third-order valence-electron chi connectivity index (χ3n) is 13.7. The molecular formula is C63H47NS. The number of anilines is 3. The highest BCUT2D eigenvalue weighted by Gasteiger charge is 2.46. The maximum Gasteiger partial charge on any atom is 0.0713 e. The van der Waals surface area contributed by atoms with E-state index in [9.17, 15) is 0 Å². The molecule has 0 spiro atoms. The van der Waals surface area contributed by atoms with Crippen LogP contribution in [-0.2, 0) is 10.8 Å². The Kier molecular flexibility index (Phi) is 9.22. The summed E-state index contributed by atoms with van der Waals surface area (Å²) in [6.45, 7) is 6.86. The van der Waals surface area contributed by atoms with Crippen LogP contribution in [0.4, 0.5) is 17.1 Å². The molecule has 1 aliphatic rings. The lowest BCUT2D eigenvalue weighted by Gasteiger charge is -2.34. The molecule has 0 aliphatic heterocycles. The van der Waals surface area contributed by atoms with Crippen LogP contribution in [0.1, 0.15) is 48.6 Å². The minimum Gasteiger partial charge on any atom is -0.310 e. The maximum atomic E-state index is 2.49. The average molecular weight is 850 g/mol. The van der Waals surface area contributed by atoms with Crippen molar-refractivity contribution in [2.45, 2.75) is 31.6 Å². The molecule has 1 nitrogen and oxygen atoms in total. The van der Waals surface area contributed by atoms with E-state index in [2.05, 4.69) is 256 Å². The predicted molar refractivity (Wildman–Crippen MR) is 278 cm³/mol. The second-order valence-corrected chi connectivity index (χ2v) is 19.5. The van der Waals surface area contributed by atoms with Crippen molar-refractivity contribution in [1.29, 1.82) is 0 Å². The van der Waals surface area contributed by atoms with Crippen molar-refractivity contribution >= 4 is 59.3 Å². The molecule has 0 N–H and O–H groups in total. The maximum absolute atomic E-state index is 2.49. The number of nitrogens with zero attached hydrogens (tertiary/aromatic N) is 1. The Morgan fingerprint density at radius 1 is 0.415 bits per heavy atom. The molecule has 0 fully saturated rings. The molecule has 2 heteroatoms. The molecule has 12 rings (SSSR count). The van der Waals surface area contributed by atoms with E-state index in [4.69, 9.17) is 0 Å². The van der Waals surface area contributed by atoms with E-state index >= 15 is 0 Å². The van der Waals surface area contributed by atoms with Gasteiger partial charge in [-0.1, -0.05) is 215 Å². The summed E-state index contributed by atoms with van der Waals surface area (Å²) in [6.07, 6.45) is 0. The zero-order chi connectivity index (χ0) is 43.7. The van der Waals surface area contributed by atoms with Crippen LogP contribution in [0.5, 0.6) is 0 Å². The molecule has 65 heavy (non-hydrogen) atoms. The Bertz CT molecular complexity index is 3520. The molecule has 0 unspecified atom stereocenters. The Morgan fingerprint density at radius 2 is 1.00 bits per heavy atom. The highest BCUT2D eigenvalue weighted by Crippen LogP contribution is 2.57. The number of fused-ring (bicyclic) bond motifs is 7. The highest BCUT2D eigenvalue weighted by atomic mass is 32.1. The van der Waals surface area contributed by atoms with Gasteiger partial charge < -0.3 is 4.90 Å². The van der Waals surface area contributed by atoms with E-state index in [0.29, 0.717) is 0 Å². The summed E-state index contributed by atoms with van der Waals surface area (Å²) in [5, 5.41) is 5.08. The first kappa shape index (κ1) is 39.1. The third-order valence-corrected chi connectivity index (χ3v) is 14.9. The normalized spacial score (nSPS) is 13.0. The Hall–Kier alpha value is -7.52. The number of rotatable bonds is 7. The van der Waals surface area contributed by atoms with Gasteiger partial charge in [0.15, 0.2) is 0 Å². The standard InChI is InChI=1S/C63H47NS/c1-62(2,3)45-34-36-48(37-35-45)64(49-38-39-57-55(41-49)52-23-12-14-27-56(52)63(57,46-18-6-4-7-19-46)47-20-8-5-9-21-47)58-40-33-42-17-10-11-22-50(42)60(58)44-31-29-43(30-32-44)51-25-16-26-54-53-24-13-15-28-59(53)65-61(51)54/h4-41H,1-3H3. The fourth-order valence-corrected chi connectivity index (χ4v) is 11.9. The fraction of sp³-hybridized carbons (Fsp3) is 0.0794. The van der Waals surface area contributed by atoms with E-state index in [1.54, 1.807) is 0 Å². The molecule has 0 amide bonds. The highest BCUT2D eigenvalue weighted by molar-refractivity contribution is 7.26. The smallest absolute Gasteiger partial charge is 0.0713 e. The van der Waals surface area contributed by atoms with Crippen LogP contribution in [0.15, 0.2) is 231 Å². The molecule has 0 saturated carbocycles. The number of benzene rings is 10. The summed E-state index contributed by atoms with van der Waals surface area (Å²) in [4.78, 5) is 2.49. The molecule has 1 heterocycles.